The van der Waals surface area contributed by atoms with Crippen LogP contribution in [0, 0.1) is 5.41 Å². The van der Waals surface area contributed by atoms with Gasteiger partial charge in [0.15, 0.2) is 0 Å². The largest absolute Gasteiger partial charge is 0.311 e. The topological polar surface area (TPSA) is 15.3 Å². The lowest BCUT2D eigenvalue weighted by Crippen LogP contribution is -2.46. The zero-order valence-electron chi connectivity index (χ0n) is 11.8. The fraction of sp³-hybridized carbons (Fsp3) is 1.00. The third-order valence-electron chi connectivity index (χ3n) is 3.70. The van der Waals surface area contributed by atoms with Gasteiger partial charge in [0.2, 0.25) is 0 Å². The Kier molecular flexibility index (Phi) is 5.26. The molecule has 96 valence electrons. The van der Waals surface area contributed by atoms with E-state index in [0.717, 1.165) is 6.04 Å². The number of rotatable bonds is 5. The molecular formula is C14H30N2. The normalized spacial score (nSPS) is 20.6. The van der Waals surface area contributed by atoms with Crippen LogP contribution in [-0.2, 0) is 0 Å². The van der Waals surface area contributed by atoms with Crippen LogP contribution in [0.5, 0.6) is 0 Å². The molecule has 16 heavy (non-hydrogen) atoms. The maximum absolute atomic E-state index is 3.88. The predicted molar refractivity (Wildman–Crippen MR) is 71.8 cm³/mol. The van der Waals surface area contributed by atoms with Gasteiger partial charge in [0, 0.05) is 12.1 Å². The summed E-state index contributed by atoms with van der Waals surface area (Å²) in [7, 11) is 4.32. The smallest absolute Gasteiger partial charge is 0.0130 e. The van der Waals surface area contributed by atoms with Crippen LogP contribution in [0.2, 0.25) is 0 Å². The van der Waals surface area contributed by atoms with E-state index < -0.39 is 0 Å². The predicted octanol–water partition coefficient (Wildman–Crippen LogP) is 2.89. The molecule has 1 aliphatic rings. The lowest BCUT2D eigenvalue weighted by molar-refractivity contribution is 0.215. The SMILES string of the molecule is CN(C)CCC(NC1CCCC1)C(C)(C)C. The van der Waals surface area contributed by atoms with Gasteiger partial charge in [-0.05, 0) is 45.3 Å². The molecule has 1 N–H and O–H groups in total. The van der Waals surface area contributed by atoms with Gasteiger partial charge in [-0.25, -0.2) is 0 Å². The van der Waals surface area contributed by atoms with Crippen molar-refractivity contribution >= 4 is 0 Å². The zero-order chi connectivity index (χ0) is 12.2. The molecule has 0 spiro atoms. The zero-order valence-corrected chi connectivity index (χ0v) is 11.8. The molecule has 1 aliphatic carbocycles. The second kappa shape index (κ2) is 6.02. The number of nitrogens with zero attached hydrogens (tertiary/aromatic N) is 1. The van der Waals surface area contributed by atoms with E-state index >= 15 is 0 Å². The molecule has 1 unspecified atom stereocenters. The van der Waals surface area contributed by atoms with E-state index in [1.807, 2.05) is 0 Å². The van der Waals surface area contributed by atoms with E-state index in [-0.39, 0.29) is 0 Å². The van der Waals surface area contributed by atoms with Crippen LogP contribution >= 0.6 is 0 Å². The molecule has 0 radical (unpaired) electrons. The molecule has 1 saturated carbocycles. The molecule has 0 bridgehead atoms. The van der Waals surface area contributed by atoms with Crippen LogP contribution in [0.25, 0.3) is 0 Å². The summed E-state index contributed by atoms with van der Waals surface area (Å²) in [6.45, 7) is 8.25. The monoisotopic (exact) mass is 226 g/mol. The van der Waals surface area contributed by atoms with Crippen molar-refractivity contribution in [2.24, 2.45) is 5.41 Å². The van der Waals surface area contributed by atoms with Gasteiger partial charge in [0.05, 0.1) is 0 Å². The molecule has 0 amide bonds. The Morgan fingerprint density at radius 2 is 1.75 bits per heavy atom. The first kappa shape index (κ1) is 14.0. The maximum atomic E-state index is 3.88. The molecule has 1 atom stereocenters. The van der Waals surface area contributed by atoms with Crippen molar-refractivity contribution in [2.45, 2.75) is 65.0 Å². The molecule has 0 aliphatic heterocycles. The second-order valence-corrected chi connectivity index (χ2v) is 6.66. The number of hydrogen-bond acceptors (Lipinski definition) is 2. The minimum absolute atomic E-state index is 0.374. The van der Waals surface area contributed by atoms with E-state index in [4.69, 9.17) is 0 Å². The van der Waals surface area contributed by atoms with Gasteiger partial charge in [-0.3, -0.25) is 0 Å². The third kappa shape index (κ3) is 4.84. The van der Waals surface area contributed by atoms with Gasteiger partial charge in [-0.15, -0.1) is 0 Å². The average Bonchev–Trinajstić information content (AvgIpc) is 2.62. The first-order valence-electron chi connectivity index (χ1n) is 6.80. The van der Waals surface area contributed by atoms with Crippen molar-refractivity contribution in [1.82, 2.24) is 10.2 Å². The Hall–Kier alpha value is -0.0800. The van der Waals surface area contributed by atoms with Crippen LogP contribution in [0.15, 0.2) is 0 Å². The molecule has 0 aromatic rings. The van der Waals surface area contributed by atoms with Crippen molar-refractivity contribution in [1.29, 1.82) is 0 Å². The van der Waals surface area contributed by atoms with Crippen LogP contribution < -0.4 is 5.32 Å². The van der Waals surface area contributed by atoms with Crippen molar-refractivity contribution in [2.75, 3.05) is 20.6 Å². The fourth-order valence-electron chi connectivity index (χ4n) is 2.53. The number of nitrogens with one attached hydrogen (secondary N) is 1. The van der Waals surface area contributed by atoms with Crippen molar-refractivity contribution in [3.05, 3.63) is 0 Å². The summed E-state index contributed by atoms with van der Waals surface area (Å²) in [5, 5.41) is 3.88. The number of hydrogen-bond donors (Lipinski definition) is 1. The van der Waals surface area contributed by atoms with Gasteiger partial charge < -0.3 is 10.2 Å². The fourth-order valence-corrected chi connectivity index (χ4v) is 2.53. The van der Waals surface area contributed by atoms with Crippen LogP contribution in [0.4, 0.5) is 0 Å². The minimum atomic E-state index is 0.374. The molecule has 1 fully saturated rings. The first-order valence-corrected chi connectivity index (χ1v) is 6.80. The van der Waals surface area contributed by atoms with Gasteiger partial charge in [-0.1, -0.05) is 33.6 Å². The highest BCUT2D eigenvalue weighted by atomic mass is 15.1. The average molecular weight is 226 g/mol. The second-order valence-electron chi connectivity index (χ2n) is 6.66. The highest BCUT2D eigenvalue weighted by Gasteiger charge is 2.27. The summed E-state index contributed by atoms with van der Waals surface area (Å²) in [5.74, 6) is 0. The first-order chi connectivity index (χ1) is 7.39. The molecule has 0 saturated heterocycles. The van der Waals surface area contributed by atoms with Crippen molar-refractivity contribution in [3.63, 3.8) is 0 Å². The van der Waals surface area contributed by atoms with E-state index in [1.54, 1.807) is 0 Å². The van der Waals surface area contributed by atoms with E-state index in [1.165, 1.54) is 38.6 Å². The summed E-state index contributed by atoms with van der Waals surface area (Å²) >= 11 is 0. The van der Waals surface area contributed by atoms with Gasteiger partial charge in [-0.2, -0.15) is 0 Å². The van der Waals surface area contributed by atoms with Crippen molar-refractivity contribution < 1.29 is 0 Å². The van der Waals surface area contributed by atoms with Crippen LogP contribution in [-0.4, -0.2) is 37.6 Å². The lowest BCUT2D eigenvalue weighted by atomic mass is 9.84. The molecule has 2 nitrogen and oxygen atoms in total. The van der Waals surface area contributed by atoms with Gasteiger partial charge in [0.25, 0.3) is 0 Å². The molecular weight excluding hydrogens is 196 g/mol. The molecule has 1 rings (SSSR count). The summed E-state index contributed by atoms with van der Waals surface area (Å²) < 4.78 is 0. The summed E-state index contributed by atoms with van der Waals surface area (Å²) in [6.07, 6.45) is 6.86. The van der Waals surface area contributed by atoms with E-state index in [2.05, 4.69) is 45.1 Å². The Morgan fingerprint density at radius 1 is 1.19 bits per heavy atom. The Bertz CT molecular complexity index is 187. The molecule has 0 aromatic carbocycles. The van der Waals surface area contributed by atoms with Gasteiger partial charge in [0.1, 0.15) is 0 Å². The highest BCUT2D eigenvalue weighted by molar-refractivity contribution is 4.86. The molecule has 2 heteroatoms. The summed E-state index contributed by atoms with van der Waals surface area (Å²) in [6, 6.07) is 1.43. The van der Waals surface area contributed by atoms with Gasteiger partial charge >= 0.3 is 0 Å². The van der Waals surface area contributed by atoms with Crippen molar-refractivity contribution in [3.8, 4) is 0 Å². The quantitative estimate of drug-likeness (QED) is 0.775. The Labute approximate surface area is 102 Å². The maximum Gasteiger partial charge on any atom is 0.0130 e. The third-order valence-corrected chi connectivity index (χ3v) is 3.70. The lowest BCUT2D eigenvalue weighted by Gasteiger charge is -2.35. The molecule has 0 aromatic heterocycles. The Balaban J connectivity index is 2.43. The summed E-state index contributed by atoms with van der Waals surface area (Å²) in [4.78, 5) is 2.29. The van der Waals surface area contributed by atoms with Crippen LogP contribution in [0.1, 0.15) is 52.9 Å². The van der Waals surface area contributed by atoms with E-state index in [0.29, 0.717) is 11.5 Å². The Morgan fingerprint density at radius 3 is 2.19 bits per heavy atom. The van der Waals surface area contributed by atoms with Crippen LogP contribution in [0.3, 0.4) is 0 Å². The summed E-state index contributed by atoms with van der Waals surface area (Å²) in [5.41, 5.74) is 0.374. The van der Waals surface area contributed by atoms with E-state index in [9.17, 15) is 0 Å². The minimum Gasteiger partial charge on any atom is -0.311 e. The molecule has 0 heterocycles. The standard InChI is InChI=1S/C14H30N2/c1-14(2,3)13(10-11-16(4)5)15-12-8-6-7-9-12/h12-13,15H,6-11H2,1-5H3. The highest BCUT2D eigenvalue weighted by Crippen LogP contribution is 2.26.